The summed E-state index contributed by atoms with van der Waals surface area (Å²) in [6.45, 7) is 0. The maximum atomic E-state index is 6.67. The lowest BCUT2D eigenvalue weighted by atomic mass is 9.88. The molecule has 0 unspecified atom stereocenters. The zero-order chi connectivity index (χ0) is 41.7. The quantitative estimate of drug-likeness (QED) is 0.150. The van der Waals surface area contributed by atoms with E-state index in [0.717, 1.165) is 105 Å². The Hall–Kier alpha value is -8.54. The molecule has 5 nitrogen and oxygen atoms in total. The van der Waals surface area contributed by atoms with E-state index in [0.29, 0.717) is 17.5 Å². The first-order valence-corrected chi connectivity index (χ1v) is 21.1. The van der Waals surface area contributed by atoms with Gasteiger partial charge in [-0.2, -0.15) is 0 Å². The molecule has 5 heteroatoms. The van der Waals surface area contributed by atoms with Crippen molar-refractivity contribution in [1.29, 1.82) is 0 Å². The van der Waals surface area contributed by atoms with Crippen molar-refractivity contribution in [3.63, 3.8) is 0 Å². The van der Waals surface area contributed by atoms with E-state index >= 15 is 0 Å². The Balaban J connectivity index is 1.03. The zero-order valence-corrected chi connectivity index (χ0v) is 34.0. The number of furan rings is 1. The fourth-order valence-electron chi connectivity index (χ4n) is 8.91. The summed E-state index contributed by atoms with van der Waals surface area (Å²) >= 11 is 0. The first-order valence-electron chi connectivity index (χ1n) is 21.1. The van der Waals surface area contributed by atoms with Crippen molar-refractivity contribution in [3.8, 4) is 78.8 Å². The summed E-state index contributed by atoms with van der Waals surface area (Å²) in [6, 6.07) is 75.7. The van der Waals surface area contributed by atoms with E-state index in [2.05, 4.69) is 170 Å². The number of fused-ring (bicyclic) bond motifs is 6. The van der Waals surface area contributed by atoms with Crippen molar-refractivity contribution in [2.75, 3.05) is 0 Å². The molecule has 12 aromatic rings. The normalized spacial score (nSPS) is 11.5. The highest BCUT2D eigenvalue weighted by Crippen LogP contribution is 2.47. The second-order valence-electron chi connectivity index (χ2n) is 15.8. The summed E-state index contributed by atoms with van der Waals surface area (Å²) in [4.78, 5) is 20.5. The van der Waals surface area contributed by atoms with Gasteiger partial charge in [0.25, 0.3) is 0 Å². The van der Waals surface area contributed by atoms with Gasteiger partial charge in [0, 0.05) is 54.7 Å². The Morgan fingerprint density at radius 3 is 1.44 bits per heavy atom. The van der Waals surface area contributed by atoms with Crippen LogP contribution in [-0.4, -0.2) is 19.9 Å². The molecule has 294 valence electrons. The van der Waals surface area contributed by atoms with E-state index in [1.807, 2.05) is 48.5 Å². The van der Waals surface area contributed by atoms with Gasteiger partial charge in [0.05, 0.1) is 11.2 Å². The monoisotopic (exact) mass is 804 g/mol. The van der Waals surface area contributed by atoms with Crippen molar-refractivity contribution < 1.29 is 4.42 Å². The largest absolute Gasteiger partial charge is 0.456 e. The molecule has 0 spiro atoms. The molecule has 0 aliphatic carbocycles. The van der Waals surface area contributed by atoms with Crippen molar-refractivity contribution >= 4 is 43.6 Å². The molecule has 63 heavy (non-hydrogen) atoms. The fourth-order valence-corrected chi connectivity index (χ4v) is 8.91. The Morgan fingerprint density at radius 1 is 0.270 bits per heavy atom. The van der Waals surface area contributed by atoms with E-state index in [4.69, 9.17) is 24.4 Å². The fraction of sp³-hybridized carbons (Fsp3) is 0. The van der Waals surface area contributed by atoms with Crippen LogP contribution >= 0.6 is 0 Å². The van der Waals surface area contributed by atoms with Crippen molar-refractivity contribution in [2.24, 2.45) is 0 Å². The molecule has 0 bridgehead atoms. The molecule has 0 fully saturated rings. The molecular weight excluding hydrogens is 769 g/mol. The summed E-state index contributed by atoms with van der Waals surface area (Å²) in [6.07, 6.45) is 0. The van der Waals surface area contributed by atoms with Gasteiger partial charge in [0.2, 0.25) is 0 Å². The third kappa shape index (κ3) is 6.51. The molecule has 0 atom stereocenters. The molecular formula is C58H36N4O. The van der Waals surface area contributed by atoms with Crippen LogP contribution in [0.1, 0.15) is 0 Å². The minimum Gasteiger partial charge on any atom is -0.456 e. The highest BCUT2D eigenvalue weighted by atomic mass is 16.3. The number of para-hydroxylation sites is 2. The SMILES string of the molecule is c1ccc(-c2ccc(-c3nc(-c4ccccc4)nc(-c4cccc(-c5cccc(-c6c7c(cc8c(-c9ccccc9)nc9ccccc9c68)oc6ccccc67)c5)c4)n3)cc2)cc1. The van der Waals surface area contributed by atoms with E-state index in [1.54, 1.807) is 0 Å². The minimum absolute atomic E-state index is 0.608. The summed E-state index contributed by atoms with van der Waals surface area (Å²) in [5.41, 5.74) is 14.0. The summed E-state index contributed by atoms with van der Waals surface area (Å²) in [5.74, 6) is 1.85. The standard InChI is InChI=1S/C58H36N4O/c1-4-16-37(17-5-1)38-30-32-41(33-31-38)57-60-56(40-20-8-3-9-21-40)61-58(62-57)45-25-15-23-43(35-45)42-22-14-24-44(34-42)52-53-46-26-10-12-28-49(46)59-55(39-18-6-2-7-19-39)48(53)36-51-54(52)47-27-11-13-29-50(47)63-51/h1-36H. The first-order chi connectivity index (χ1) is 31.2. The molecule has 0 aliphatic heterocycles. The third-order valence-corrected chi connectivity index (χ3v) is 11.9. The van der Waals surface area contributed by atoms with E-state index in [1.165, 1.54) is 0 Å². The number of hydrogen-bond donors (Lipinski definition) is 0. The van der Waals surface area contributed by atoms with Crippen LogP contribution < -0.4 is 0 Å². The number of aromatic nitrogens is 4. The van der Waals surface area contributed by atoms with Gasteiger partial charge in [0.15, 0.2) is 17.5 Å². The average Bonchev–Trinajstić information content (AvgIpc) is 3.74. The minimum atomic E-state index is 0.608. The van der Waals surface area contributed by atoms with Crippen LogP contribution in [0.5, 0.6) is 0 Å². The molecule has 9 aromatic carbocycles. The molecule has 0 saturated carbocycles. The average molecular weight is 805 g/mol. The number of hydrogen-bond acceptors (Lipinski definition) is 5. The summed E-state index contributed by atoms with van der Waals surface area (Å²) in [5, 5.41) is 5.45. The summed E-state index contributed by atoms with van der Waals surface area (Å²) in [7, 11) is 0. The molecule has 0 saturated heterocycles. The predicted molar refractivity (Wildman–Crippen MR) is 258 cm³/mol. The van der Waals surface area contributed by atoms with Crippen LogP contribution in [0.3, 0.4) is 0 Å². The number of benzene rings is 9. The maximum Gasteiger partial charge on any atom is 0.164 e. The van der Waals surface area contributed by atoms with Gasteiger partial charge in [-0.1, -0.05) is 188 Å². The van der Waals surface area contributed by atoms with Gasteiger partial charge < -0.3 is 4.42 Å². The smallest absolute Gasteiger partial charge is 0.164 e. The highest BCUT2D eigenvalue weighted by Gasteiger charge is 2.22. The lowest BCUT2D eigenvalue weighted by Crippen LogP contribution is -2.00. The van der Waals surface area contributed by atoms with Crippen molar-refractivity contribution in [3.05, 3.63) is 218 Å². The molecule has 3 heterocycles. The molecule has 0 N–H and O–H groups in total. The lowest BCUT2D eigenvalue weighted by molar-refractivity contribution is 0.669. The van der Waals surface area contributed by atoms with Gasteiger partial charge in [-0.05, 0) is 58.1 Å². The highest BCUT2D eigenvalue weighted by molar-refractivity contribution is 6.27. The first kappa shape index (κ1) is 36.3. The molecule has 12 rings (SSSR count). The van der Waals surface area contributed by atoms with Gasteiger partial charge in [-0.15, -0.1) is 0 Å². The van der Waals surface area contributed by atoms with Crippen LogP contribution in [0.15, 0.2) is 223 Å². The van der Waals surface area contributed by atoms with Crippen LogP contribution in [0, 0.1) is 0 Å². The molecule has 0 aliphatic rings. The molecule has 0 amide bonds. The number of pyridine rings is 1. The van der Waals surface area contributed by atoms with Gasteiger partial charge in [0.1, 0.15) is 11.2 Å². The van der Waals surface area contributed by atoms with Crippen LogP contribution in [0.2, 0.25) is 0 Å². The van der Waals surface area contributed by atoms with E-state index < -0.39 is 0 Å². The van der Waals surface area contributed by atoms with Crippen LogP contribution in [0.4, 0.5) is 0 Å². The van der Waals surface area contributed by atoms with Crippen molar-refractivity contribution in [2.45, 2.75) is 0 Å². The summed E-state index contributed by atoms with van der Waals surface area (Å²) < 4.78 is 6.67. The van der Waals surface area contributed by atoms with E-state index in [9.17, 15) is 0 Å². The van der Waals surface area contributed by atoms with Gasteiger partial charge in [-0.3, -0.25) is 0 Å². The van der Waals surface area contributed by atoms with E-state index in [-0.39, 0.29) is 0 Å². The second kappa shape index (κ2) is 15.2. The number of nitrogens with zero attached hydrogens (tertiary/aromatic N) is 4. The van der Waals surface area contributed by atoms with Gasteiger partial charge >= 0.3 is 0 Å². The van der Waals surface area contributed by atoms with Crippen molar-refractivity contribution in [1.82, 2.24) is 19.9 Å². The Bertz CT molecular complexity index is 3660. The Labute approximate surface area is 363 Å². The third-order valence-electron chi connectivity index (χ3n) is 11.9. The maximum absolute atomic E-state index is 6.67. The lowest BCUT2D eigenvalue weighted by Gasteiger charge is -2.16. The van der Waals surface area contributed by atoms with Crippen LogP contribution in [0.25, 0.3) is 122 Å². The second-order valence-corrected chi connectivity index (χ2v) is 15.8. The topological polar surface area (TPSA) is 64.7 Å². The zero-order valence-electron chi connectivity index (χ0n) is 34.0. The molecule has 0 radical (unpaired) electrons. The Morgan fingerprint density at radius 2 is 0.746 bits per heavy atom. The van der Waals surface area contributed by atoms with Gasteiger partial charge in [-0.25, -0.2) is 19.9 Å². The Kier molecular flexibility index (Phi) is 8.75. The number of rotatable bonds is 7. The predicted octanol–water partition coefficient (Wildman–Crippen LogP) is 15.1. The molecule has 3 aromatic heterocycles. The van der Waals surface area contributed by atoms with Crippen LogP contribution in [-0.2, 0) is 0 Å².